The summed E-state index contributed by atoms with van der Waals surface area (Å²) in [4.78, 5) is 3.15. The lowest BCUT2D eigenvalue weighted by atomic mass is 10.0. The zero-order valence-corrected chi connectivity index (χ0v) is 13.5. The molecule has 19 heavy (non-hydrogen) atoms. The van der Waals surface area contributed by atoms with E-state index in [-0.39, 0.29) is 0 Å². The van der Waals surface area contributed by atoms with Gasteiger partial charge >= 0.3 is 0 Å². The molecule has 1 rings (SSSR count). The van der Waals surface area contributed by atoms with Crippen molar-refractivity contribution in [1.82, 2.24) is 10.2 Å². The van der Waals surface area contributed by atoms with Gasteiger partial charge in [-0.05, 0) is 37.7 Å². The lowest BCUT2D eigenvalue weighted by Gasteiger charge is -2.28. The molecule has 0 spiro atoms. The van der Waals surface area contributed by atoms with Crippen LogP contribution in [0.15, 0.2) is 29.2 Å². The van der Waals surface area contributed by atoms with Crippen LogP contribution in [0, 0.1) is 5.92 Å². The molecular formula is C15H26N2OS. The molecule has 0 saturated heterocycles. The standard InChI is InChI=1S/C15H26N2OS/c1-12(2)15(17(3)4)11-16-10-13-6-8-14(9-7-13)19(5)18/h6-9,12,15-16H,10-11H2,1-5H3/t15-,19-/m0/s1. The molecule has 0 fully saturated rings. The highest BCUT2D eigenvalue weighted by Crippen LogP contribution is 2.09. The molecule has 0 radical (unpaired) electrons. The normalized spacial score (nSPS) is 14.9. The monoisotopic (exact) mass is 282 g/mol. The van der Waals surface area contributed by atoms with E-state index in [4.69, 9.17) is 0 Å². The van der Waals surface area contributed by atoms with Crippen LogP contribution in [0.4, 0.5) is 0 Å². The van der Waals surface area contributed by atoms with E-state index in [1.54, 1.807) is 6.26 Å². The van der Waals surface area contributed by atoms with Gasteiger partial charge in [0, 0.05) is 41.1 Å². The van der Waals surface area contributed by atoms with Crippen molar-refractivity contribution in [3.05, 3.63) is 29.8 Å². The maximum absolute atomic E-state index is 11.3. The first-order valence-corrected chi connectivity index (χ1v) is 8.27. The second-order valence-electron chi connectivity index (χ2n) is 5.50. The van der Waals surface area contributed by atoms with Crippen molar-refractivity contribution in [3.63, 3.8) is 0 Å². The smallest absolute Gasteiger partial charge is 0.0498 e. The summed E-state index contributed by atoms with van der Waals surface area (Å²) in [7, 11) is 3.36. The van der Waals surface area contributed by atoms with Gasteiger partial charge < -0.3 is 10.2 Å². The Balaban J connectivity index is 2.46. The predicted octanol–water partition coefficient (Wildman–Crippen LogP) is 2.10. The van der Waals surface area contributed by atoms with E-state index in [0.29, 0.717) is 12.0 Å². The minimum atomic E-state index is -0.890. The van der Waals surface area contributed by atoms with Crippen LogP contribution in [0.3, 0.4) is 0 Å². The molecule has 0 saturated carbocycles. The van der Waals surface area contributed by atoms with E-state index >= 15 is 0 Å². The molecule has 0 aliphatic rings. The Morgan fingerprint density at radius 3 is 2.21 bits per heavy atom. The van der Waals surface area contributed by atoms with Crippen LogP contribution in [-0.2, 0) is 17.3 Å². The predicted molar refractivity (Wildman–Crippen MR) is 82.8 cm³/mol. The topological polar surface area (TPSA) is 32.3 Å². The van der Waals surface area contributed by atoms with E-state index in [9.17, 15) is 4.21 Å². The minimum absolute atomic E-state index is 0.544. The van der Waals surface area contributed by atoms with E-state index in [2.05, 4.69) is 38.2 Å². The highest BCUT2D eigenvalue weighted by Gasteiger charge is 2.14. The highest BCUT2D eigenvalue weighted by molar-refractivity contribution is 7.84. The van der Waals surface area contributed by atoms with Crippen molar-refractivity contribution < 1.29 is 4.21 Å². The molecule has 1 aromatic carbocycles. The number of likely N-dealkylation sites (N-methyl/N-ethyl adjacent to an activating group) is 1. The number of nitrogens with one attached hydrogen (secondary N) is 1. The van der Waals surface area contributed by atoms with Gasteiger partial charge in [-0.25, -0.2) is 0 Å². The van der Waals surface area contributed by atoms with Crippen molar-refractivity contribution in [1.29, 1.82) is 0 Å². The molecule has 0 heterocycles. The third-order valence-electron chi connectivity index (χ3n) is 3.37. The van der Waals surface area contributed by atoms with Crippen molar-refractivity contribution >= 4 is 10.8 Å². The summed E-state index contributed by atoms with van der Waals surface area (Å²) in [6, 6.07) is 8.52. The molecule has 1 N–H and O–H groups in total. The van der Waals surface area contributed by atoms with Gasteiger partial charge in [0.1, 0.15) is 0 Å². The largest absolute Gasteiger partial charge is 0.311 e. The number of nitrogens with zero attached hydrogens (tertiary/aromatic N) is 1. The molecule has 0 aromatic heterocycles. The van der Waals surface area contributed by atoms with Gasteiger partial charge in [-0.15, -0.1) is 0 Å². The molecule has 0 aliphatic heterocycles. The zero-order valence-electron chi connectivity index (χ0n) is 12.6. The van der Waals surface area contributed by atoms with Crippen molar-refractivity contribution in [3.8, 4) is 0 Å². The lowest BCUT2D eigenvalue weighted by molar-refractivity contribution is 0.224. The van der Waals surface area contributed by atoms with E-state index < -0.39 is 10.8 Å². The minimum Gasteiger partial charge on any atom is -0.311 e. The molecule has 0 unspecified atom stereocenters. The molecule has 108 valence electrons. The quantitative estimate of drug-likeness (QED) is 0.831. The number of benzene rings is 1. The van der Waals surface area contributed by atoms with Crippen LogP contribution < -0.4 is 5.32 Å². The zero-order chi connectivity index (χ0) is 14.4. The fourth-order valence-electron chi connectivity index (χ4n) is 2.18. The van der Waals surface area contributed by atoms with E-state index in [0.717, 1.165) is 18.0 Å². The summed E-state index contributed by atoms with van der Waals surface area (Å²) >= 11 is 0. The summed E-state index contributed by atoms with van der Waals surface area (Å²) in [5, 5.41) is 3.50. The first-order valence-electron chi connectivity index (χ1n) is 6.71. The molecule has 0 aliphatic carbocycles. The van der Waals surface area contributed by atoms with Crippen molar-refractivity contribution in [2.24, 2.45) is 5.92 Å². The molecule has 0 bridgehead atoms. The molecule has 2 atom stereocenters. The van der Waals surface area contributed by atoms with E-state index in [1.165, 1.54) is 5.56 Å². The summed E-state index contributed by atoms with van der Waals surface area (Å²) in [6.45, 7) is 6.33. The molecular weight excluding hydrogens is 256 g/mol. The van der Waals surface area contributed by atoms with Crippen LogP contribution in [0.1, 0.15) is 19.4 Å². The molecule has 1 aromatic rings. The van der Waals surface area contributed by atoms with Gasteiger partial charge in [-0.3, -0.25) is 4.21 Å². The Morgan fingerprint density at radius 1 is 1.21 bits per heavy atom. The van der Waals surface area contributed by atoms with Crippen molar-refractivity contribution in [2.75, 3.05) is 26.9 Å². The first kappa shape index (κ1) is 16.3. The summed E-state index contributed by atoms with van der Waals surface area (Å²) in [6.07, 6.45) is 1.71. The Morgan fingerprint density at radius 2 is 1.79 bits per heavy atom. The van der Waals surface area contributed by atoms with Crippen LogP contribution in [0.2, 0.25) is 0 Å². The Hall–Kier alpha value is -0.710. The lowest BCUT2D eigenvalue weighted by Crippen LogP contribution is -2.41. The van der Waals surface area contributed by atoms with Crippen LogP contribution in [-0.4, -0.2) is 42.0 Å². The summed E-state index contributed by atoms with van der Waals surface area (Å²) in [5.41, 5.74) is 1.23. The second kappa shape index (κ2) is 7.78. The first-order chi connectivity index (χ1) is 8.91. The fraction of sp³-hybridized carbons (Fsp3) is 0.600. The Labute approximate surface area is 119 Å². The molecule has 4 heteroatoms. The van der Waals surface area contributed by atoms with Gasteiger partial charge in [-0.1, -0.05) is 26.0 Å². The fourth-order valence-corrected chi connectivity index (χ4v) is 2.70. The van der Waals surface area contributed by atoms with Gasteiger partial charge in [0.15, 0.2) is 0 Å². The third kappa shape index (κ3) is 5.43. The Bertz CT molecular complexity index is 393. The number of hydrogen-bond donors (Lipinski definition) is 1. The third-order valence-corrected chi connectivity index (χ3v) is 4.31. The van der Waals surface area contributed by atoms with E-state index in [1.807, 2.05) is 24.3 Å². The summed E-state index contributed by atoms with van der Waals surface area (Å²) in [5.74, 6) is 0.632. The van der Waals surface area contributed by atoms with Gasteiger partial charge in [0.25, 0.3) is 0 Å². The maximum Gasteiger partial charge on any atom is 0.0498 e. The maximum atomic E-state index is 11.3. The van der Waals surface area contributed by atoms with Gasteiger partial charge in [0.05, 0.1) is 0 Å². The molecule has 3 nitrogen and oxygen atoms in total. The van der Waals surface area contributed by atoms with Crippen LogP contribution >= 0.6 is 0 Å². The average molecular weight is 282 g/mol. The second-order valence-corrected chi connectivity index (χ2v) is 6.88. The van der Waals surface area contributed by atoms with Crippen molar-refractivity contribution in [2.45, 2.75) is 31.3 Å². The van der Waals surface area contributed by atoms with Crippen LogP contribution in [0.5, 0.6) is 0 Å². The van der Waals surface area contributed by atoms with Gasteiger partial charge in [-0.2, -0.15) is 0 Å². The summed E-state index contributed by atoms with van der Waals surface area (Å²) < 4.78 is 11.3. The average Bonchev–Trinajstić information content (AvgIpc) is 2.34. The Kier molecular flexibility index (Phi) is 6.69. The number of hydrogen-bond acceptors (Lipinski definition) is 3. The van der Waals surface area contributed by atoms with Gasteiger partial charge in [0.2, 0.25) is 0 Å². The molecule has 0 amide bonds. The van der Waals surface area contributed by atoms with Crippen LogP contribution in [0.25, 0.3) is 0 Å². The number of rotatable bonds is 7. The highest BCUT2D eigenvalue weighted by atomic mass is 32.2. The SMILES string of the molecule is CC(C)[C@H](CNCc1ccc([S@](C)=O)cc1)N(C)C.